The summed E-state index contributed by atoms with van der Waals surface area (Å²) in [7, 11) is 0. The van der Waals surface area contributed by atoms with Gasteiger partial charge in [-0.2, -0.15) is 0 Å². The van der Waals surface area contributed by atoms with Gasteiger partial charge in [0.2, 0.25) is 0 Å². The summed E-state index contributed by atoms with van der Waals surface area (Å²) < 4.78 is 0. The van der Waals surface area contributed by atoms with E-state index < -0.39 is 0 Å². The lowest BCUT2D eigenvalue weighted by Gasteiger charge is -2.17. The molecule has 0 spiro atoms. The van der Waals surface area contributed by atoms with Crippen molar-refractivity contribution in [3.8, 4) is 11.3 Å². The molecule has 0 bridgehead atoms. The number of aromatic nitrogens is 1. The molecular formula is C20H16ClN3O2S. The highest BCUT2D eigenvalue weighted by atomic mass is 35.5. The highest BCUT2D eigenvalue weighted by Gasteiger charge is 2.43. The van der Waals surface area contributed by atoms with Crippen LogP contribution in [0.2, 0.25) is 0 Å². The number of hydrogen-bond acceptors (Lipinski definition) is 5. The van der Waals surface area contributed by atoms with Gasteiger partial charge in [-0.3, -0.25) is 9.59 Å². The largest absolute Gasteiger partial charge is 0.319 e. The van der Waals surface area contributed by atoms with Gasteiger partial charge in [0, 0.05) is 10.9 Å². The molecule has 0 atom stereocenters. The van der Waals surface area contributed by atoms with E-state index in [0.717, 1.165) is 29.1 Å². The monoisotopic (exact) mass is 397 g/mol. The minimum atomic E-state index is -0.300. The number of fused-ring (bicyclic) bond motifs is 1. The maximum Gasteiger partial charge on any atom is 0.266 e. The maximum atomic E-state index is 12.8. The summed E-state index contributed by atoms with van der Waals surface area (Å²) >= 11 is 1.53. The molecule has 2 amide bonds. The fourth-order valence-electron chi connectivity index (χ4n) is 3.27. The van der Waals surface area contributed by atoms with Crippen molar-refractivity contribution in [2.24, 2.45) is 5.73 Å². The van der Waals surface area contributed by atoms with E-state index in [1.165, 1.54) is 16.2 Å². The van der Waals surface area contributed by atoms with Crippen molar-refractivity contribution in [3.63, 3.8) is 0 Å². The van der Waals surface area contributed by atoms with Crippen LogP contribution in [0.3, 0.4) is 0 Å². The summed E-state index contributed by atoms with van der Waals surface area (Å²) in [6, 6.07) is 14.3. The van der Waals surface area contributed by atoms with Crippen LogP contribution in [0.15, 0.2) is 53.9 Å². The number of rotatable bonds is 3. The number of carbonyl (C=O) groups excluding carboxylic acids is 2. The fraction of sp³-hybridized carbons (Fsp3) is 0.150. The molecule has 7 heteroatoms. The van der Waals surface area contributed by atoms with Crippen molar-refractivity contribution in [2.45, 2.75) is 18.4 Å². The molecule has 2 aliphatic rings. The Labute approximate surface area is 166 Å². The van der Waals surface area contributed by atoms with Gasteiger partial charge in [-0.15, -0.1) is 23.7 Å². The molecule has 1 aliphatic carbocycles. The number of nitrogens with two attached hydrogens (primary N) is 1. The zero-order chi connectivity index (χ0) is 17.9. The first-order chi connectivity index (χ1) is 12.6. The number of imide groups is 1. The highest BCUT2D eigenvalue weighted by molar-refractivity contribution is 7.10. The zero-order valence-corrected chi connectivity index (χ0v) is 15.8. The molecule has 2 N–H and O–H groups in total. The van der Waals surface area contributed by atoms with Crippen LogP contribution >= 0.6 is 23.7 Å². The number of anilines is 1. The first-order valence-electron chi connectivity index (χ1n) is 8.41. The number of para-hydroxylation sites is 1. The molecule has 136 valence electrons. The van der Waals surface area contributed by atoms with E-state index in [9.17, 15) is 9.59 Å². The first-order valence-corrected chi connectivity index (χ1v) is 9.28. The van der Waals surface area contributed by atoms with Crippen molar-refractivity contribution in [1.29, 1.82) is 0 Å². The van der Waals surface area contributed by atoms with Gasteiger partial charge < -0.3 is 5.73 Å². The Bertz CT molecular complexity index is 1040. The maximum absolute atomic E-state index is 12.8. The number of hydrogen-bond donors (Lipinski definition) is 1. The second-order valence-electron chi connectivity index (χ2n) is 6.70. The second kappa shape index (κ2) is 6.27. The Morgan fingerprint density at radius 1 is 0.926 bits per heavy atom. The molecule has 27 heavy (non-hydrogen) atoms. The Morgan fingerprint density at radius 2 is 1.48 bits per heavy atom. The van der Waals surface area contributed by atoms with Crippen molar-refractivity contribution < 1.29 is 9.59 Å². The van der Waals surface area contributed by atoms with E-state index in [4.69, 9.17) is 5.73 Å². The van der Waals surface area contributed by atoms with Gasteiger partial charge in [0.25, 0.3) is 11.8 Å². The summed E-state index contributed by atoms with van der Waals surface area (Å²) in [4.78, 5) is 31.6. The molecule has 2 aromatic carbocycles. The van der Waals surface area contributed by atoms with Crippen LogP contribution in [0.1, 0.15) is 38.6 Å². The third-order valence-electron chi connectivity index (χ3n) is 4.93. The standard InChI is InChI=1S/C20H15N3O2S.ClH/c21-20(9-10-20)19-22-15(11-26-19)14-7-3-4-8-16(14)23-17(24)12-5-1-2-6-13(12)18(23)25;/h1-8,11H,9-10,21H2;1H. The Kier molecular flexibility index (Phi) is 4.14. The van der Waals surface area contributed by atoms with Crippen LogP contribution in [-0.4, -0.2) is 16.8 Å². The van der Waals surface area contributed by atoms with Crippen LogP contribution < -0.4 is 10.6 Å². The third kappa shape index (κ3) is 2.68. The zero-order valence-electron chi connectivity index (χ0n) is 14.2. The van der Waals surface area contributed by atoms with Crippen molar-refractivity contribution >= 4 is 41.2 Å². The lowest BCUT2D eigenvalue weighted by atomic mass is 10.1. The first kappa shape index (κ1) is 17.9. The highest BCUT2D eigenvalue weighted by Crippen LogP contribution is 2.45. The van der Waals surface area contributed by atoms with Crippen LogP contribution in [-0.2, 0) is 5.54 Å². The summed E-state index contributed by atoms with van der Waals surface area (Å²) in [5.74, 6) is -0.600. The SMILES string of the molecule is Cl.NC1(c2nc(-c3ccccc3N3C(=O)c4ccccc4C3=O)cs2)CC1. The van der Waals surface area contributed by atoms with Gasteiger partial charge in [0.1, 0.15) is 5.01 Å². The van der Waals surface area contributed by atoms with E-state index in [0.29, 0.717) is 16.8 Å². The Morgan fingerprint density at radius 3 is 2.07 bits per heavy atom. The van der Waals surface area contributed by atoms with Gasteiger partial charge >= 0.3 is 0 Å². The predicted octanol–water partition coefficient (Wildman–Crippen LogP) is 3.98. The summed E-state index contributed by atoms with van der Waals surface area (Å²) in [6.45, 7) is 0. The number of nitrogens with zero attached hydrogens (tertiary/aromatic N) is 2. The molecule has 1 saturated carbocycles. The predicted molar refractivity (Wildman–Crippen MR) is 107 cm³/mol. The second-order valence-corrected chi connectivity index (χ2v) is 7.56. The molecule has 0 radical (unpaired) electrons. The van der Waals surface area contributed by atoms with E-state index in [1.54, 1.807) is 30.3 Å². The van der Waals surface area contributed by atoms with E-state index in [1.807, 2.05) is 23.6 Å². The number of thiazole rings is 1. The molecule has 5 nitrogen and oxygen atoms in total. The minimum absolute atomic E-state index is 0. The lowest BCUT2D eigenvalue weighted by molar-refractivity contribution is 0.0926. The Balaban J connectivity index is 0.00000180. The molecule has 1 aliphatic heterocycles. The quantitative estimate of drug-likeness (QED) is 0.678. The average molecular weight is 398 g/mol. The molecule has 3 aromatic rings. The normalized spacial score (nSPS) is 16.9. The smallest absolute Gasteiger partial charge is 0.266 e. The van der Waals surface area contributed by atoms with E-state index in [2.05, 4.69) is 4.98 Å². The minimum Gasteiger partial charge on any atom is -0.319 e. The summed E-state index contributed by atoms with van der Waals surface area (Å²) in [5, 5.41) is 2.85. The fourth-order valence-corrected chi connectivity index (χ4v) is 4.26. The lowest BCUT2D eigenvalue weighted by Crippen LogP contribution is -2.29. The van der Waals surface area contributed by atoms with Crippen LogP contribution in [0.5, 0.6) is 0 Å². The molecule has 1 fully saturated rings. The summed E-state index contributed by atoms with van der Waals surface area (Å²) in [6.07, 6.45) is 1.89. The molecule has 0 saturated heterocycles. The number of benzene rings is 2. The van der Waals surface area contributed by atoms with Crippen LogP contribution in [0, 0.1) is 0 Å². The van der Waals surface area contributed by atoms with Crippen molar-refractivity contribution in [1.82, 2.24) is 4.98 Å². The van der Waals surface area contributed by atoms with Gasteiger partial charge in [-0.1, -0.05) is 30.3 Å². The number of halogens is 1. The Hall–Kier alpha value is -2.54. The van der Waals surface area contributed by atoms with Gasteiger partial charge in [-0.25, -0.2) is 9.88 Å². The van der Waals surface area contributed by atoms with Gasteiger partial charge in [0.15, 0.2) is 0 Å². The van der Waals surface area contributed by atoms with Gasteiger partial charge in [-0.05, 0) is 31.0 Å². The summed E-state index contributed by atoms with van der Waals surface area (Å²) in [5.41, 5.74) is 8.88. The average Bonchev–Trinajstić information content (AvgIpc) is 3.13. The van der Waals surface area contributed by atoms with E-state index in [-0.39, 0.29) is 29.8 Å². The van der Waals surface area contributed by atoms with Crippen molar-refractivity contribution in [3.05, 3.63) is 70.0 Å². The number of amides is 2. The van der Waals surface area contributed by atoms with Gasteiger partial charge in [0.05, 0.1) is 28.0 Å². The molecular weight excluding hydrogens is 382 g/mol. The molecule has 5 rings (SSSR count). The van der Waals surface area contributed by atoms with Crippen LogP contribution in [0.4, 0.5) is 5.69 Å². The third-order valence-corrected chi connectivity index (χ3v) is 6.00. The number of carbonyl (C=O) groups is 2. The molecule has 0 unspecified atom stereocenters. The topological polar surface area (TPSA) is 76.3 Å². The van der Waals surface area contributed by atoms with Crippen LogP contribution in [0.25, 0.3) is 11.3 Å². The van der Waals surface area contributed by atoms with E-state index >= 15 is 0 Å². The van der Waals surface area contributed by atoms with Crippen molar-refractivity contribution in [2.75, 3.05) is 4.90 Å². The molecule has 1 aromatic heterocycles. The molecule has 2 heterocycles.